The standard InChI is InChI=1S/C21H14.C5H8O2.Ir/c1-15-13-18(14-17-8-3-4-10-19(15)17)21-12-6-9-16-7-2-5-11-20(16)21;1-4(6)3-5(2)7;/h2-11,13H,1H3;3,6H,1-2H3;/q-2;;. The number of carbonyl (C=O) groups excluding carboxylic acids is 1. The third-order valence-electron chi connectivity index (χ3n) is 4.38. The molecule has 29 heavy (non-hydrogen) atoms. The second kappa shape index (κ2) is 10.2. The predicted molar refractivity (Wildman–Crippen MR) is 116 cm³/mol. The summed E-state index contributed by atoms with van der Waals surface area (Å²) in [6, 6.07) is 30.1. The van der Waals surface area contributed by atoms with Crippen LogP contribution in [-0.2, 0) is 24.9 Å². The molecule has 0 spiro atoms. The Balaban J connectivity index is 0.000000327. The summed E-state index contributed by atoms with van der Waals surface area (Å²) >= 11 is 0. The number of aryl methyl sites for hydroxylation is 1. The molecular formula is C26H22IrO2-2. The molecule has 0 aliphatic carbocycles. The van der Waals surface area contributed by atoms with E-state index in [1.54, 1.807) is 0 Å². The Labute approximate surface area is 185 Å². The van der Waals surface area contributed by atoms with Gasteiger partial charge in [-0.1, -0.05) is 48.7 Å². The monoisotopic (exact) mass is 559 g/mol. The summed E-state index contributed by atoms with van der Waals surface area (Å²) in [6.45, 7) is 5.01. The summed E-state index contributed by atoms with van der Waals surface area (Å²) in [5.41, 5.74) is 3.52. The van der Waals surface area contributed by atoms with Crippen LogP contribution in [0.1, 0.15) is 19.4 Å². The average molecular weight is 559 g/mol. The van der Waals surface area contributed by atoms with Gasteiger partial charge >= 0.3 is 0 Å². The molecule has 1 N–H and O–H groups in total. The van der Waals surface area contributed by atoms with Gasteiger partial charge in [-0.2, -0.15) is 29.8 Å². The maximum absolute atomic E-state index is 10.0. The number of hydrogen-bond acceptors (Lipinski definition) is 2. The van der Waals surface area contributed by atoms with Crippen molar-refractivity contribution in [2.75, 3.05) is 0 Å². The zero-order chi connectivity index (χ0) is 20.1. The van der Waals surface area contributed by atoms with Gasteiger partial charge in [0.1, 0.15) is 0 Å². The van der Waals surface area contributed by atoms with Crippen molar-refractivity contribution in [2.45, 2.75) is 20.8 Å². The third-order valence-corrected chi connectivity index (χ3v) is 4.38. The largest absolute Gasteiger partial charge is 0.512 e. The van der Waals surface area contributed by atoms with Gasteiger partial charge in [0, 0.05) is 26.2 Å². The van der Waals surface area contributed by atoms with Crippen LogP contribution in [0.15, 0.2) is 78.6 Å². The number of hydrogen-bond donors (Lipinski definition) is 1. The van der Waals surface area contributed by atoms with E-state index in [2.05, 4.69) is 79.7 Å². The molecule has 0 aromatic heterocycles. The summed E-state index contributed by atoms with van der Waals surface area (Å²) in [5.74, 6) is -0.0625. The number of carbonyl (C=O) groups is 1. The van der Waals surface area contributed by atoms with E-state index in [0.717, 1.165) is 16.5 Å². The molecule has 0 atom stereocenters. The zero-order valence-electron chi connectivity index (χ0n) is 16.6. The molecule has 4 aromatic carbocycles. The van der Waals surface area contributed by atoms with Crippen LogP contribution in [0.5, 0.6) is 0 Å². The summed E-state index contributed by atoms with van der Waals surface area (Å²) in [7, 11) is 0. The van der Waals surface area contributed by atoms with Crippen molar-refractivity contribution in [1.82, 2.24) is 0 Å². The molecule has 4 rings (SSSR count). The Morgan fingerprint density at radius 3 is 2.28 bits per heavy atom. The van der Waals surface area contributed by atoms with Crippen molar-refractivity contribution >= 4 is 27.3 Å². The molecule has 0 amide bonds. The Hall–Kier alpha value is -2.74. The van der Waals surface area contributed by atoms with E-state index < -0.39 is 0 Å². The molecule has 0 bridgehead atoms. The topological polar surface area (TPSA) is 37.3 Å². The van der Waals surface area contributed by atoms with Gasteiger partial charge in [-0.25, -0.2) is 5.56 Å². The maximum Gasteiger partial charge on any atom is 0.155 e. The molecule has 0 saturated carbocycles. The molecule has 0 heterocycles. The number of allylic oxidation sites excluding steroid dienone is 2. The normalized spacial score (nSPS) is 10.8. The van der Waals surface area contributed by atoms with E-state index in [1.807, 2.05) is 6.07 Å². The van der Waals surface area contributed by atoms with E-state index in [4.69, 9.17) is 5.11 Å². The molecule has 4 aromatic rings. The minimum atomic E-state index is -0.125. The summed E-state index contributed by atoms with van der Waals surface area (Å²) in [5, 5.41) is 13.3. The summed E-state index contributed by atoms with van der Waals surface area (Å²) < 4.78 is 0. The van der Waals surface area contributed by atoms with Crippen molar-refractivity contribution in [3.05, 3.63) is 96.3 Å². The smallest absolute Gasteiger partial charge is 0.155 e. The van der Waals surface area contributed by atoms with Gasteiger partial charge < -0.3 is 5.11 Å². The van der Waals surface area contributed by atoms with Gasteiger partial charge in [0.25, 0.3) is 0 Å². The zero-order valence-corrected chi connectivity index (χ0v) is 19.0. The molecule has 3 heteroatoms. The molecule has 0 aliphatic rings. The van der Waals surface area contributed by atoms with Crippen molar-refractivity contribution in [3.8, 4) is 11.1 Å². The van der Waals surface area contributed by atoms with Crippen LogP contribution in [0.25, 0.3) is 32.7 Å². The fraction of sp³-hybridized carbons (Fsp3) is 0.115. The van der Waals surface area contributed by atoms with Crippen molar-refractivity contribution in [2.24, 2.45) is 0 Å². The first kappa shape index (κ1) is 22.5. The number of fused-ring (bicyclic) bond motifs is 2. The number of aliphatic hydroxyl groups excluding tert-OH is 1. The molecule has 0 fully saturated rings. The van der Waals surface area contributed by atoms with Gasteiger partial charge in [0.15, 0.2) is 5.78 Å². The van der Waals surface area contributed by atoms with E-state index in [9.17, 15) is 4.79 Å². The number of benzene rings is 4. The molecular weight excluding hydrogens is 537 g/mol. The van der Waals surface area contributed by atoms with Crippen molar-refractivity contribution < 1.29 is 30.0 Å². The second-order valence-corrected chi connectivity index (χ2v) is 6.75. The Morgan fingerprint density at radius 1 is 0.966 bits per heavy atom. The fourth-order valence-electron chi connectivity index (χ4n) is 3.23. The molecule has 0 saturated heterocycles. The fourth-order valence-corrected chi connectivity index (χ4v) is 3.23. The van der Waals surface area contributed by atoms with Crippen LogP contribution in [0.4, 0.5) is 0 Å². The van der Waals surface area contributed by atoms with Gasteiger partial charge in [-0.15, -0.1) is 39.9 Å². The first-order valence-corrected chi connectivity index (χ1v) is 9.15. The SMILES string of the molecule is CC(=O)C=C(C)O.Cc1cc(-c2[c-]ccc3ccccc23)[c-]c2ccccc12.[Ir]. The van der Waals surface area contributed by atoms with E-state index in [-0.39, 0.29) is 31.6 Å². The van der Waals surface area contributed by atoms with Crippen LogP contribution < -0.4 is 0 Å². The minimum absolute atomic E-state index is 0. The quantitative estimate of drug-likeness (QED) is 0.171. The van der Waals surface area contributed by atoms with Crippen molar-refractivity contribution in [3.63, 3.8) is 0 Å². The predicted octanol–water partition coefficient (Wildman–Crippen LogP) is 6.60. The van der Waals surface area contributed by atoms with Crippen molar-refractivity contribution in [1.29, 1.82) is 0 Å². The maximum atomic E-state index is 10.0. The first-order valence-electron chi connectivity index (χ1n) is 9.15. The summed E-state index contributed by atoms with van der Waals surface area (Å²) in [6.07, 6.45) is 1.17. The average Bonchev–Trinajstić information content (AvgIpc) is 2.67. The van der Waals surface area contributed by atoms with Crippen LogP contribution >= 0.6 is 0 Å². The van der Waals surface area contributed by atoms with Gasteiger partial charge in [-0.3, -0.25) is 4.79 Å². The van der Waals surface area contributed by atoms with Crippen LogP contribution in [-0.4, -0.2) is 10.9 Å². The number of ketones is 1. The molecule has 0 aliphatic heterocycles. The van der Waals surface area contributed by atoms with Crippen LogP contribution in [0, 0.1) is 19.1 Å². The molecule has 1 radical (unpaired) electrons. The minimum Gasteiger partial charge on any atom is -0.512 e. The number of aliphatic hydroxyl groups is 1. The van der Waals surface area contributed by atoms with Gasteiger partial charge in [0.2, 0.25) is 0 Å². The van der Waals surface area contributed by atoms with Gasteiger partial charge in [0.05, 0.1) is 5.76 Å². The van der Waals surface area contributed by atoms with Crippen LogP contribution in [0.3, 0.4) is 0 Å². The van der Waals surface area contributed by atoms with E-state index in [0.29, 0.717) is 0 Å². The molecule has 2 nitrogen and oxygen atoms in total. The molecule has 149 valence electrons. The Kier molecular flexibility index (Phi) is 7.90. The number of rotatable bonds is 2. The van der Waals surface area contributed by atoms with Gasteiger partial charge in [-0.05, 0) is 13.8 Å². The third kappa shape index (κ3) is 5.63. The summed E-state index contributed by atoms with van der Waals surface area (Å²) in [4.78, 5) is 10.0. The Morgan fingerprint density at radius 2 is 1.62 bits per heavy atom. The molecule has 0 unspecified atom stereocenters. The van der Waals surface area contributed by atoms with E-state index >= 15 is 0 Å². The second-order valence-electron chi connectivity index (χ2n) is 6.75. The Bertz CT molecular complexity index is 1170. The van der Waals surface area contributed by atoms with Crippen LogP contribution in [0.2, 0.25) is 0 Å². The first-order chi connectivity index (χ1) is 13.5. The van der Waals surface area contributed by atoms with E-state index in [1.165, 1.54) is 41.6 Å².